The minimum Gasteiger partial charge on any atom is -0.376 e. The van der Waals surface area contributed by atoms with E-state index < -0.39 is 0 Å². The molecule has 0 bridgehead atoms. The number of aromatic nitrogens is 2. The van der Waals surface area contributed by atoms with E-state index in [1.54, 1.807) is 5.38 Å². The lowest BCUT2D eigenvalue weighted by Gasteiger charge is -2.30. The van der Waals surface area contributed by atoms with Gasteiger partial charge in [-0.2, -0.15) is 5.26 Å². The van der Waals surface area contributed by atoms with Gasteiger partial charge in [0.1, 0.15) is 11.5 Å². The third kappa shape index (κ3) is 5.98. The van der Waals surface area contributed by atoms with E-state index in [2.05, 4.69) is 26.6 Å². The van der Waals surface area contributed by atoms with Crippen molar-refractivity contribution in [2.45, 2.75) is 24.9 Å². The Balaban J connectivity index is 1.33. The number of piperidine rings is 1. The highest BCUT2D eigenvalue weighted by Gasteiger charge is 2.22. The van der Waals surface area contributed by atoms with Crippen LogP contribution in [-0.2, 0) is 9.47 Å². The second kappa shape index (κ2) is 10.6. The monoisotopic (exact) mass is 442 g/mol. The maximum Gasteiger partial charge on any atom is 0.270 e. The molecule has 4 heterocycles. The van der Waals surface area contributed by atoms with E-state index in [1.807, 2.05) is 18.2 Å². The van der Waals surface area contributed by atoms with Crippen molar-refractivity contribution in [3.05, 3.63) is 35.0 Å². The first kappa shape index (κ1) is 21.6. The molecule has 0 spiro atoms. The summed E-state index contributed by atoms with van der Waals surface area (Å²) in [7, 11) is 0. The summed E-state index contributed by atoms with van der Waals surface area (Å²) in [6.07, 6.45) is 2.01. The summed E-state index contributed by atoms with van der Waals surface area (Å²) >= 11 is 1.36. The van der Waals surface area contributed by atoms with Crippen molar-refractivity contribution in [2.75, 3.05) is 51.3 Å². The molecule has 31 heavy (non-hydrogen) atoms. The minimum absolute atomic E-state index is 0.121. The van der Waals surface area contributed by atoms with Crippen LogP contribution in [0.25, 0.3) is 0 Å². The van der Waals surface area contributed by atoms with Gasteiger partial charge in [-0.25, -0.2) is 9.97 Å². The Morgan fingerprint density at radius 3 is 3.13 bits per heavy atom. The lowest BCUT2D eigenvalue weighted by Crippen LogP contribution is -2.39. The molecule has 2 fully saturated rings. The number of thiazole rings is 1. The fourth-order valence-electron chi connectivity index (χ4n) is 3.79. The Kier molecular flexibility index (Phi) is 7.43. The summed E-state index contributed by atoms with van der Waals surface area (Å²) in [4.78, 5) is 23.7. The van der Waals surface area contributed by atoms with Crippen molar-refractivity contribution in [3.8, 4) is 6.07 Å². The maximum atomic E-state index is 12.4. The summed E-state index contributed by atoms with van der Waals surface area (Å²) in [5.74, 6) is 0.774. The normalized spacial score (nSPS) is 21.9. The number of ether oxygens (including phenoxy) is 2. The van der Waals surface area contributed by atoms with Crippen LogP contribution in [0.15, 0.2) is 23.6 Å². The lowest BCUT2D eigenvalue weighted by molar-refractivity contribution is -0.0855. The number of nitrogens with one attached hydrogen (secondary N) is 2. The molecule has 0 aliphatic carbocycles. The number of rotatable bonds is 7. The fraction of sp³-hybridized carbons (Fsp3) is 0.524. The van der Waals surface area contributed by atoms with Crippen molar-refractivity contribution in [1.82, 2.24) is 20.2 Å². The molecule has 2 aromatic heterocycles. The van der Waals surface area contributed by atoms with Crippen LogP contribution >= 0.6 is 11.3 Å². The Morgan fingerprint density at radius 1 is 1.35 bits per heavy atom. The Morgan fingerprint density at radius 2 is 2.29 bits per heavy atom. The molecular formula is C21H26N6O3S. The van der Waals surface area contributed by atoms with Gasteiger partial charge >= 0.3 is 0 Å². The van der Waals surface area contributed by atoms with Crippen molar-refractivity contribution in [2.24, 2.45) is 0 Å². The van der Waals surface area contributed by atoms with Gasteiger partial charge in [-0.05, 0) is 31.5 Å². The molecule has 0 aromatic carbocycles. The molecule has 1 amide bonds. The number of likely N-dealkylation sites (tertiary alicyclic amines) is 1. The molecule has 2 atom stereocenters. The molecule has 0 unspecified atom stereocenters. The van der Waals surface area contributed by atoms with Crippen LogP contribution in [0.5, 0.6) is 0 Å². The standard InChI is InChI=1S/C21H26N6O3S/c22-6-8-27-7-2-3-15(12-27)17-4-1-5-19(24-17)26-21-25-18(14-31-21)20(28)23-11-16-13-29-9-10-30-16/h1,4-5,14-16H,2-3,7-13H2,(H,23,28)(H,24,25,26)/t15-,16+/m1/s1. The van der Waals surface area contributed by atoms with Gasteiger partial charge in [0.25, 0.3) is 5.91 Å². The van der Waals surface area contributed by atoms with Crippen molar-refractivity contribution < 1.29 is 14.3 Å². The third-order valence-corrected chi connectivity index (χ3v) is 6.09. The molecule has 4 rings (SSSR count). The van der Waals surface area contributed by atoms with Crippen LogP contribution in [0.2, 0.25) is 0 Å². The summed E-state index contributed by atoms with van der Waals surface area (Å²) in [6.45, 7) is 4.30. The molecule has 2 aliphatic heterocycles. The van der Waals surface area contributed by atoms with Gasteiger partial charge in [0.15, 0.2) is 5.13 Å². The molecule has 2 aromatic rings. The number of anilines is 2. The Labute approximate surface area is 185 Å². The second-order valence-corrected chi connectivity index (χ2v) is 8.48. The van der Waals surface area contributed by atoms with Gasteiger partial charge in [0.05, 0.1) is 38.5 Å². The highest BCUT2D eigenvalue weighted by molar-refractivity contribution is 7.14. The van der Waals surface area contributed by atoms with E-state index in [4.69, 9.17) is 19.7 Å². The zero-order valence-corrected chi connectivity index (χ0v) is 18.1. The van der Waals surface area contributed by atoms with E-state index in [9.17, 15) is 4.79 Å². The average molecular weight is 443 g/mol. The zero-order valence-electron chi connectivity index (χ0n) is 17.2. The maximum absolute atomic E-state index is 12.4. The van der Waals surface area contributed by atoms with Crippen LogP contribution in [0.1, 0.15) is 34.9 Å². The summed E-state index contributed by atoms with van der Waals surface area (Å²) in [5.41, 5.74) is 1.37. The van der Waals surface area contributed by atoms with E-state index in [0.717, 1.165) is 31.6 Å². The molecule has 9 nitrogen and oxygen atoms in total. The minimum atomic E-state index is -0.236. The summed E-state index contributed by atoms with van der Waals surface area (Å²) in [6, 6.07) is 8.13. The topological polar surface area (TPSA) is 112 Å². The quantitative estimate of drug-likeness (QED) is 0.627. The van der Waals surface area contributed by atoms with Crippen LogP contribution in [0, 0.1) is 11.3 Å². The predicted molar refractivity (Wildman–Crippen MR) is 117 cm³/mol. The first-order valence-electron chi connectivity index (χ1n) is 10.5. The smallest absolute Gasteiger partial charge is 0.270 e. The summed E-state index contributed by atoms with van der Waals surface area (Å²) in [5, 5.41) is 17.3. The molecule has 0 saturated carbocycles. The van der Waals surface area contributed by atoms with E-state index in [0.29, 0.717) is 55.5 Å². The number of nitrogens with zero attached hydrogens (tertiary/aromatic N) is 4. The SMILES string of the molecule is N#CCN1CCC[C@@H](c2cccc(Nc3nc(C(=O)NC[C@H]4COCCO4)cs3)n2)C1. The van der Waals surface area contributed by atoms with Gasteiger partial charge in [0.2, 0.25) is 0 Å². The second-order valence-electron chi connectivity index (χ2n) is 7.62. The molecule has 164 valence electrons. The number of hydrogen-bond donors (Lipinski definition) is 2. The fourth-order valence-corrected chi connectivity index (χ4v) is 4.48. The Hall–Kier alpha value is -2.58. The first-order valence-corrected chi connectivity index (χ1v) is 11.4. The number of hydrogen-bond acceptors (Lipinski definition) is 9. The largest absolute Gasteiger partial charge is 0.376 e. The van der Waals surface area contributed by atoms with Gasteiger partial charge in [-0.3, -0.25) is 9.69 Å². The molecule has 0 radical (unpaired) electrons. The van der Waals surface area contributed by atoms with Crippen LogP contribution in [-0.4, -0.2) is 72.9 Å². The number of pyridine rings is 1. The van der Waals surface area contributed by atoms with Crippen LogP contribution in [0.3, 0.4) is 0 Å². The van der Waals surface area contributed by atoms with Gasteiger partial charge in [0, 0.05) is 30.1 Å². The number of amides is 1. The molecule has 2 N–H and O–H groups in total. The summed E-state index contributed by atoms with van der Waals surface area (Å²) < 4.78 is 10.9. The molecule has 2 saturated heterocycles. The predicted octanol–water partition coefficient (Wildman–Crippen LogP) is 2.13. The van der Waals surface area contributed by atoms with Crippen LogP contribution in [0.4, 0.5) is 10.9 Å². The number of carbonyl (C=O) groups is 1. The van der Waals surface area contributed by atoms with Gasteiger partial charge in [-0.15, -0.1) is 11.3 Å². The number of carbonyl (C=O) groups excluding carboxylic acids is 1. The van der Waals surface area contributed by atoms with Crippen molar-refractivity contribution in [3.63, 3.8) is 0 Å². The molecular weight excluding hydrogens is 416 g/mol. The van der Waals surface area contributed by atoms with Gasteiger partial charge < -0.3 is 20.1 Å². The van der Waals surface area contributed by atoms with Crippen molar-refractivity contribution in [1.29, 1.82) is 5.26 Å². The third-order valence-electron chi connectivity index (χ3n) is 5.34. The van der Waals surface area contributed by atoms with Crippen molar-refractivity contribution >= 4 is 28.2 Å². The number of nitriles is 1. The van der Waals surface area contributed by atoms with Crippen LogP contribution < -0.4 is 10.6 Å². The lowest BCUT2D eigenvalue weighted by atomic mass is 9.94. The molecule has 2 aliphatic rings. The highest BCUT2D eigenvalue weighted by atomic mass is 32.1. The van der Waals surface area contributed by atoms with E-state index in [1.165, 1.54) is 11.3 Å². The van der Waals surface area contributed by atoms with E-state index in [-0.39, 0.29) is 12.0 Å². The van der Waals surface area contributed by atoms with E-state index >= 15 is 0 Å². The highest BCUT2D eigenvalue weighted by Crippen LogP contribution is 2.27. The van der Waals surface area contributed by atoms with Gasteiger partial charge in [-0.1, -0.05) is 6.07 Å². The molecule has 10 heteroatoms. The average Bonchev–Trinajstić information content (AvgIpc) is 3.27. The first-order chi connectivity index (χ1) is 15.2. The Bertz CT molecular complexity index is 924. The zero-order chi connectivity index (χ0) is 21.5.